The first kappa shape index (κ1) is 31.6. The number of nitrogens with zero attached hydrogens (tertiary/aromatic N) is 2. The Morgan fingerprint density at radius 2 is 0.821 bits per heavy atom. The van der Waals surface area contributed by atoms with Crippen LogP contribution in [-0.2, 0) is 27.9 Å². The Labute approximate surface area is 243 Å². The van der Waals surface area contributed by atoms with Gasteiger partial charge in [0.2, 0.25) is 0 Å². The second-order valence-corrected chi connectivity index (χ2v) is 11.1. The average molecular weight is 561 g/mol. The topological polar surface area (TPSA) is 70.8 Å². The monoisotopic (exact) mass is 560 g/mol. The van der Waals surface area contributed by atoms with Gasteiger partial charge in [0, 0.05) is 12.4 Å². The van der Waals surface area contributed by atoms with Gasteiger partial charge in [0.1, 0.15) is 0 Å². The Bertz CT molecular complexity index is 1280. The SMILES string of the molecule is CC(C)(C)c1cccc(C=Nc2ccccc2)c1[O-].CC(C)(C)c1cccc(C=Nc2ccccc2)c1[O-].[Fe+2]. The van der Waals surface area contributed by atoms with Gasteiger partial charge in [0.15, 0.2) is 0 Å². The van der Waals surface area contributed by atoms with Crippen molar-refractivity contribution in [3.63, 3.8) is 0 Å². The summed E-state index contributed by atoms with van der Waals surface area (Å²) in [6.45, 7) is 12.3. The number of rotatable bonds is 4. The largest absolute Gasteiger partial charge is 2.00 e. The van der Waals surface area contributed by atoms with E-state index in [0.29, 0.717) is 11.1 Å². The van der Waals surface area contributed by atoms with Crippen molar-refractivity contribution in [2.45, 2.75) is 52.4 Å². The molecule has 0 bridgehead atoms. The zero-order valence-corrected chi connectivity index (χ0v) is 24.6. The summed E-state index contributed by atoms with van der Waals surface area (Å²) in [5.41, 5.74) is 4.33. The second-order valence-electron chi connectivity index (χ2n) is 11.1. The van der Waals surface area contributed by atoms with Crippen molar-refractivity contribution >= 4 is 23.8 Å². The average Bonchev–Trinajstić information content (AvgIpc) is 2.88. The van der Waals surface area contributed by atoms with E-state index in [9.17, 15) is 10.2 Å². The Hall–Kier alpha value is -3.66. The van der Waals surface area contributed by atoms with Crippen LogP contribution in [0.4, 0.5) is 11.4 Å². The van der Waals surface area contributed by atoms with Crippen LogP contribution in [0.3, 0.4) is 0 Å². The van der Waals surface area contributed by atoms with Crippen LogP contribution in [0.1, 0.15) is 63.8 Å². The van der Waals surface area contributed by atoms with Crippen LogP contribution >= 0.6 is 0 Å². The number of para-hydroxylation sites is 4. The molecule has 0 aliphatic carbocycles. The molecule has 4 rings (SSSR count). The molecule has 0 atom stereocenters. The molecule has 0 aliphatic heterocycles. The standard InChI is InChI=1S/2C17H19NO.Fe/c2*1-17(2,3)15-11-7-8-13(16(15)19)12-18-14-9-5-4-6-10-14;/h2*4-12,19H,1-3H3;/q;;+2/p-2. The van der Waals surface area contributed by atoms with Crippen LogP contribution in [0.2, 0.25) is 0 Å². The Kier molecular flexibility index (Phi) is 11.3. The molecule has 0 fully saturated rings. The van der Waals surface area contributed by atoms with Gasteiger partial charge in [-0.15, -0.1) is 0 Å². The molecule has 0 unspecified atom stereocenters. The van der Waals surface area contributed by atoms with Crippen LogP contribution in [0.25, 0.3) is 0 Å². The maximum atomic E-state index is 12.3. The Morgan fingerprint density at radius 1 is 0.487 bits per heavy atom. The van der Waals surface area contributed by atoms with Crippen molar-refractivity contribution in [3.8, 4) is 11.5 Å². The van der Waals surface area contributed by atoms with E-state index in [1.165, 1.54) is 0 Å². The van der Waals surface area contributed by atoms with E-state index >= 15 is 0 Å². The molecular weight excluding hydrogens is 524 g/mol. The number of hydrogen-bond acceptors (Lipinski definition) is 4. The zero-order valence-electron chi connectivity index (χ0n) is 23.5. The van der Waals surface area contributed by atoms with Crippen LogP contribution in [-0.4, -0.2) is 12.4 Å². The van der Waals surface area contributed by atoms with Crippen LogP contribution in [0, 0.1) is 0 Å². The molecule has 202 valence electrons. The van der Waals surface area contributed by atoms with Gasteiger partial charge in [-0.25, -0.2) is 0 Å². The van der Waals surface area contributed by atoms with E-state index in [1.807, 2.05) is 139 Å². The normalized spacial score (nSPS) is 11.6. The molecule has 0 aliphatic rings. The third-order valence-corrected chi connectivity index (χ3v) is 5.92. The summed E-state index contributed by atoms with van der Waals surface area (Å²) >= 11 is 0. The smallest absolute Gasteiger partial charge is 0.872 e. The molecule has 0 radical (unpaired) electrons. The fourth-order valence-electron chi connectivity index (χ4n) is 3.81. The molecule has 4 nitrogen and oxygen atoms in total. The van der Waals surface area contributed by atoms with Gasteiger partial charge in [-0.05, 0) is 57.3 Å². The Balaban J connectivity index is 0.000000267. The molecule has 0 N–H and O–H groups in total. The van der Waals surface area contributed by atoms with Gasteiger partial charge in [0.25, 0.3) is 0 Å². The van der Waals surface area contributed by atoms with Gasteiger partial charge in [-0.1, -0.05) is 126 Å². The maximum absolute atomic E-state index is 12.3. The zero-order chi connectivity index (χ0) is 27.8. The third kappa shape index (κ3) is 9.24. The number of benzene rings is 4. The fourth-order valence-corrected chi connectivity index (χ4v) is 3.81. The summed E-state index contributed by atoms with van der Waals surface area (Å²) in [7, 11) is 0. The molecule has 0 heterocycles. The first-order valence-electron chi connectivity index (χ1n) is 12.8. The number of hydrogen-bond donors (Lipinski definition) is 0. The van der Waals surface area contributed by atoms with Crippen molar-refractivity contribution in [1.82, 2.24) is 0 Å². The van der Waals surface area contributed by atoms with Crippen molar-refractivity contribution in [1.29, 1.82) is 0 Å². The quantitative estimate of drug-likeness (QED) is 0.190. The maximum Gasteiger partial charge on any atom is 2.00 e. The van der Waals surface area contributed by atoms with Crippen molar-refractivity contribution in [3.05, 3.63) is 119 Å². The van der Waals surface area contributed by atoms with Crippen molar-refractivity contribution in [2.24, 2.45) is 9.98 Å². The predicted molar refractivity (Wildman–Crippen MR) is 157 cm³/mol. The van der Waals surface area contributed by atoms with Gasteiger partial charge in [0.05, 0.1) is 11.4 Å². The van der Waals surface area contributed by atoms with E-state index in [4.69, 9.17) is 0 Å². The molecule has 4 aromatic rings. The summed E-state index contributed by atoms with van der Waals surface area (Å²) in [6.07, 6.45) is 3.29. The van der Waals surface area contributed by atoms with Crippen LogP contribution in [0.5, 0.6) is 11.5 Å². The summed E-state index contributed by atoms with van der Waals surface area (Å²) < 4.78 is 0. The first-order chi connectivity index (χ1) is 18.0. The third-order valence-electron chi connectivity index (χ3n) is 5.92. The summed E-state index contributed by atoms with van der Waals surface area (Å²) in [4.78, 5) is 8.67. The van der Waals surface area contributed by atoms with Gasteiger partial charge in [-0.2, -0.15) is 0 Å². The summed E-state index contributed by atoms with van der Waals surface area (Å²) in [6, 6.07) is 30.5. The molecule has 0 aromatic heterocycles. The van der Waals surface area contributed by atoms with E-state index in [-0.39, 0.29) is 39.4 Å². The molecule has 39 heavy (non-hydrogen) atoms. The molecule has 0 saturated heterocycles. The van der Waals surface area contributed by atoms with E-state index < -0.39 is 0 Å². The summed E-state index contributed by atoms with van der Waals surface area (Å²) in [5.74, 6) is 0.129. The molecule has 5 heteroatoms. The molecule has 0 amide bonds. The molecular formula is C34H36FeN2O2. The van der Waals surface area contributed by atoms with Crippen molar-refractivity contribution in [2.75, 3.05) is 0 Å². The first-order valence-corrected chi connectivity index (χ1v) is 12.8. The van der Waals surface area contributed by atoms with E-state index in [2.05, 4.69) is 9.98 Å². The Morgan fingerprint density at radius 3 is 1.13 bits per heavy atom. The minimum absolute atomic E-state index is 0. The van der Waals surface area contributed by atoms with Crippen LogP contribution < -0.4 is 10.2 Å². The van der Waals surface area contributed by atoms with Gasteiger partial charge < -0.3 is 10.2 Å². The molecule has 4 aromatic carbocycles. The molecule has 0 saturated carbocycles. The van der Waals surface area contributed by atoms with Gasteiger partial charge in [-0.3, -0.25) is 9.98 Å². The summed E-state index contributed by atoms with van der Waals surface area (Å²) in [5, 5.41) is 24.7. The minimum atomic E-state index is -0.145. The van der Waals surface area contributed by atoms with E-state index in [1.54, 1.807) is 12.4 Å². The molecule has 0 spiro atoms. The van der Waals surface area contributed by atoms with Crippen LogP contribution in [0.15, 0.2) is 107 Å². The van der Waals surface area contributed by atoms with E-state index in [0.717, 1.165) is 22.5 Å². The second kappa shape index (κ2) is 13.9. The fraction of sp³-hybridized carbons (Fsp3) is 0.235. The minimum Gasteiger partial charge on any atom is -0.872 e. The number of aliphatic imine (C=N–C) groups is 2. The van der Waals surface area contributed by atoms with Crippen molar-refractivity contribution < 1.29 is 27.3 Å². The van der Waals surface area contributed by atoms with Gasteiger partial charge >= 0.3 is 17.1 Å². The predicted octanol–water partition coefficient (Wildman–Crippen LogP) is 7.61.